The zero-order chi connectivity index (χ0) is 18.3. The summed E-state index contributed by atoms with van der Waals surface area (Å²) in [5.74, 6) is 0.213. The van der Waals surface area contributed by atoms with Gasteiger partial charge in [0.25, 0.3) is 0 Å². The molecule has 26 heavy (non-hydrogen) atoms. The van der Waals surface area contributed by atoms with Crippen molar-refractivity contribution in [3.8, 4) is 5.88 Å². The number of rotatable bonds is 2. The molecule has 1 aliphatic rings. The van der Waals surface area contributed by atoms with E-state index in [2.05, 4.69) is 16.1 Å². The van der Waals surface area contributed by atoms with Gasteiger partial charge in [0.15, 0.2) is 4.80 Å². The molecule has 5 heteroatoms. The zero-order valence-corrected chi connectivity index (χ0v) is 15.7. The van der Waals surface area contributed by atoms with Gasteiger partial charge in [0.2, 0.25) is 5.88 Å². The lowest BCUT2D eigenvalue weighted by Crippen LogP contribution is -2.08. The second kappa shape index (κ2) is 6.42. The maximum absolute atomic E-state index is 10.6. The summed E-state index contributed by atoms with van der Waals surface area (Å²) < 4.78 is 1.71. The second-order valence-electron chi connectivity index (χ2n) is 6.35. The van der Waals surface area contributed by atoms with Gasteiger partial charge < -0.3 is 5.11 Å². The number of thiazole rings is 1. The number of aliphatic imine (C=N–C) groups is 1. The summed E-state index contributed by atoms with van der Waals surface area (Å²) in [6.45, 7) is 4.04. The minimum atomic E-state index is 0.213. The van der Waals surface area contributed by atoms with Crippen molar-refractivity contribution >= 4 is 40.1 Å². The molecule has 3 aromatic rings. The van der Waals surface area contributed by atoms with Gasteiger partial charge in [0, 0.05) is 23.9 Å². The van der Waals surface area contributed by atoms with Gasteiger partial charge in [-0.3, -0.25) is 9.56 Å². The number of aryl methyl sites for hydroxylation is 1. The first-order chi connectivity index (χ1) is 12.5. The van der Waals surface area contributed by atoms with Crippen LogP contribution in [0.1, 0.15) is 22.9 Å². The lowest BCUT2D eigenvalue weighted by molar-refractivity contribution is 0.427. The van der Waals surface area contributed by atoms with E-state index in [-0.39, 0.29) is 5.88 Å². The zero-order valence-electron chi connectivity index (χ0n) is 14.9. The van der Waals surface area contributed by atoms with Gasteiger partial charge >= 0.3 is 0 Å². The number of aromatic hydroxyl groups is 1. The van der Waals surface area contributed by atoms with Crippen molar-refractivity contribution < 1.29 is 5.11 Å². The molecule has 1 N–H and O–H groups in total. The summed E-state index contributed by atoms with van der Waals surface area (Å²) in [5.41, 5.74) is 6.13. The molecule has 1 aromatic heterocycles. The highest BCUT2D eigenvalue weighted by Gasteiger charge is 2.18. The van der Waals surface area contributed by atoms with E-state index in [0.717, 1.165) is 37.9 Å². The Morgan fingerprint density at radius 2 is 1.81 bits per heavy atom. The molecule has 0 fully saturated rings. The highest BCUT2D eigenvalue weighted by atomic mass is 32.1. The first kappa shape index (κ1) is 16.5. The molecule has 0 atom stereocenters. The Morgan fingerprint density at radius 3 is 2.58 bits per heavy atom. The van der Waals surface area contributed by atoms with Gasteiger partial charge in [0.05, 0.1) is 16.3 Å². The number of hydrogen-bond donors (Lipinski definition) is 1. The van der Waals surface area contributed by atoms with Crippen molar-refractivity contribution in [2.75, 3.05) is 0 Å². The smallest absolute Gasteiger partial charge is 0.210 e. The van der Waals surface area contributed by atoms with Gasteiger partial charge in [-0.1, -0.05) is 47.2 Å². The summed E-state index contributed by atoms with van der Waals surface area (Å²) in [5, 5.41) is 10.6. The minimum absolute atomic E-state index is 0.213. The molecule has 2 heterocycles. The Balaban J connectivity index is 1.80. The van der Waals surface area contributed by atoms with E-state index in [1.165, 1.54) is 16.9 Å². The predicted molar refractivity (Wildman–Crippen MR) is 108 cm³/mol. The molecule has 2 aromatic carbocycles. The van der Waals surface area contributed by atoms with Crippen LogP contribution in [0.5, 0.6) is 5.88 Å². The van der Waals surface area contributed by atoms with Gasteiger partial charge in [-0.2, -0.15) is 0 Å². The van der Waals surface area contributed by atoms with E-state index in [9.17, 15) is 5.11 Å². The highest BCUT2D eigenvalue weighted by Crippen LogP contribution is 2.37. The van der Waals surface area contributed by atoms with E-state index >= 15 is 0 Å². The molecule has 0 radical (unpaired) electrons. The summed E-state index contributed by atoms with van der Waals surface area (Å²) in [6, 6.07) is 16.1. The molecule has 4 rings (SSSR count). The summed E-state index contributed by atoms with van der Waals surface area (Å²) in [7, 11) is 1.82. The van der Waals surface area contributed by atoms with E-state index < -0.39 is 0 Å². The number of nitrogens with zero attached hydrogens (tertiary/aromatic N) is 3. The first-order valence-corrected chi connectivity index (χ1v) is 9.21. The third-order valence-corrected chi connectivity index (χ3v) is 5.50. The number of hydrogen-bond acceptors (Lipinski definition) is 4. The fourth-order valence-electron chi connectivity index (χ4n) is 2.94. The van der Waals surface area contributed by atoms with E-state index in [4.69, 9.17) is 0 Å². The Kier molecular flexibility index (Phi) is 4.09. The Labute approximate surface area is 156 Å². The summed E-state index contributed by atoms with van der Waals surface area (Å²) >= 11 is 1.46. The summed E-state index contributed by atoms with van der Waals surface area (Å²) in [6.07, 6.45) is 2.00. The maximum atomic E-state index is 10.6. The summed E-state index contributed by atoms with van der Waals surface area (Å²) in [4.78, 5) is 10.8. The molecule has 0 spiro atoms. The predicted octanol–water partition coefficient (Wildman–Crippen LogP) is 4.98. The van der Waals surface area contributed by atoms with Crippen LogP contribution in [0.15, 0.2) is 58.5 Å². The van der Waals surface area contributed by atoms with Gasteiger partial charge in [0.1, 0.15) is 0 Å². The van der Waals surface area contributed by atoms with Gasteiger partial charge in [-0.25, -0.2) is 4.99 Å². The molecule has 0 bridgehead atoms. The topological polar surface area (TPSA) is 49.9 Å². The standard InChI is InChI=1S/C21H19N3OS/c1-13-8-10-15(11-9-13)23-21-24(3)20(25)19(26-21)12-17-14(2)22-18-7-5-4-6-16(17)18/h4-12,25H,1-3H3. The SMILES string of the molecule is CC1=Nc2ccccc2C1=Cc1sc(=Nc2ccc(C)cc2)n(C)c1O. The second-order valence-corrected chi connectivity index (χ2v) is 7.36. The van der Waals surface area contributed by atoms with Crippen molar-refractivity contribution in [2.24, 2.45) is 17.0 Å². The van der Waals surface area contributed by atoms with Crippen LogP contribution in [-0.4, -0.2) is 15.4 Å². The van der Waals surface area contributed by atoms with Crippen LogP contribution in [0.25, 0.3) is 11.6 Å². The van der Waals surface area contributed by atoms with Gasteiger partial charge in [-0.05, 0) is 38.1 Å². The number of fused-ring (bicyclic) bond motifs is 1. The third-order valence-electron chi connectivity index (χ3n) is 4.43. The molecule has 0 saturated carbocycles. The van der Waals surface area contributed by atoms with Crippen LogP contribution in [0, 0.1) is 6.92 Å². The largest absolute Gasteiger partial charge is 0.493 e. The van der Waals surface area contributed by atoms with E-state index in [0.29, 0.717) is 0 Å². The van der Waals surface area contributed by atoms with Crippen LogP contribution in [0.3, 0.4) is 0 Å². The Hall–Kier alpha value is -2.92. The third kappa shape index (κ3) is 2.91. The fourth-order valence-corrected chi connectivity index (χ4v) is 3.91. The molecular weight excluding hydrogens is 342 g/mol. The van der Waals surface area contributed by atoms with Crippen LogP contribution in [-0.2, 0) is 7.05 Å². The Morgan fingerprint density at radius 1 is 1.08 bits per heavy atom. The quantitative estimate of drug-likeness (QED) is 0.687. The molecule has 130 valence electrons. The lowest BCUT2D eigenvalue weighted by Gasteiger charge is -2.01. The normalized spacial score (nSPS) is 15.4. The van der Waals surface area contributed by atoms with E-state index in [1.54, 1.807) is 4.57 Å². The number of allylic oxidation sites excluding steroid dienone is 1. The minimum Gasteiger partial charge on any atom is -0.493 e. The van der Waals surface area contributed by atoms with E-state index in [1.807, 2.05) is 69.4 Å². The number of para-hydroxylation sites is 1. The van der Waals surface area contributed by atoms with Crippen LogP contribution in [0.4, 0.5) is 11.4 Å². The molecule has 0 aliphatic carbocycles. The highest BCUT2D eigenvalue weighted by molar-refractivity contribution is 7.10. The monoisotopic (exact) mass is 361 g/mol. The molecule has 1 aliphatic heterocycles. The van der Waals surface area contributed by atoms with Crippen molar-refractivity contribution in [3.63, 3.8) is 0 Å². The molecular formula is C21H19N3OS. The van der Waals surface area contributed by atoms with Gasteiger partial charge in [-0.15, -0.1) is 0 Å². The number of aromatic nitrogens is 1. The van der Waals surface area contributed by atoms with Crippen molar-refractivity contribution in [2.45, 2.75) is 13.8 Å². The van der Waals surface area contributed by atoms with Crippen LogP contribution in [0.2, 0.25) is 0 Å². The molecule has 0 saturated heterocycles. The van der Waals surface area contributed by atoms with Crippen LogP contribution < -0.4 is 4.80 Å². The maximum Gasteiger partial charge on any atom is 0.210 e. The average Bonchev–Trinajstić information content (AvgIpc) is 3.09. The molecule has 0 unspecified atom stereocenters. The van der Waals surface area contributed by atoms with Crippen molar-refractivity contribution in [1.29, 1.82) is 0 Å². The molecule has 4 nitrogen and oxygen atoms in total. The fraction of sp³-hybridized carbons (Fsp3) is 0.143. The Bertz CT molecular complexity index is 1110. The first-order valence-electron chi connectivity index (χ1n) is 8.40. The number of benzene rings is 2. The lowest BCUT2D eigenvalue weighted by atomic mass is 10.0. The average molecular weight is 361 g/mol. The molecule has 0 amide bonds. The van der Waals surface area contributed by atoms with Crippen LogP contribution >= 0.6 is 11.3 Å². The van der Waals surface area contributed by atoms with Crippen molar-refractivity contribution in [1.82, 2.24) is 4.57 Å². The van der Waals surface area contributed by atoms with Crippen molar-refractivity contribution in [3.05, 3.63) is 69.3 Å².